The van der Waals surface area contributed by atoms with Crippen molar-refractivity contribution in [1.82, 2.24) is 4.98 Å². The van der Waals surface area contributed by atoms with E-state index in [1.165, 1.54) is 0 Å². The van der Waals surface area contributed by atoms with Crippen LogP contribution in [0.3, 0.4) is 0 Å². The highest BCUT2D eigenvalue weighted by Gasteiger charge is 2.24. The molecule has 2 rings (SSSR count). The molecule has 0 bridgehead atoms. The monoisotopic (exact) mass is 161 g/mol. The minimum atomic E-state index is -0.338. The first-order chi connectivity index (χ1) is 5.59. The summed E-state index contributed by atoms with van der Waals surface area (Å²) in [6.07, 6.45) is 5.53. The Balaban J connectivity index is 2.80. The van der Waals surface area contributed by atoms with E-state index in [4.69, 9.17) is 0 Å². The van der Waals surface area contributed by atoms with Gasteiger partial charge in [-0.25, -0.2) is 0 Å². The molecule has 0 aromatic carbocycles. The van der Waals surface area contributed by atoms with E-state index in [-0.39, 0.29) is 11.2 Å². The van der Waals surface area contributed by atoms with Gasteiger partial charge in [0.15, 0.2) is 5.78 Å². The predicted octanol–water partition coefficient (Wildman–Crippen LogP) is 0.185. The topological polar surface area (TPSA) is 32.9 Å². The van der Waals surface area contributed by atoms with Crippen molar-refractivity contribution >= 4 is 17.9 Å². The molecule has 1 heterocycles. The largest absolute Gasteiger partial charge is 0.361 e. The maximum absolute atomic E-state index is 11.5. The SMILES string of the molecule is CC1(C)C=c2cc[nH]c2=CC1=O. The van der Waals surface area contributed by atoms with E-state index < -0.39 is 0 Å². The molecule has 1 aliphatic rings. The lowest BCUT2D eigenvalue weighted by atomic mass is 9.84. The first-order valence-electron chi connectivity index (χ1n) is 4.02. The number of Topliss-reactive ketones (excluding diaryl/α,β-unsaturated/α-hetero) is 1. The molecule has 0 fully saturated rings. The summed E-state index contributed by atoms with van der Waals surface area (Å²) >= 11 is 0. The standard InChI is InChI=1S/C10H11NO/c1-10(2)6-7-3-4-11-8(7)5-9(10)12/h3-6,11H,1-2H3. The van der Waals surface area contributed by atoms with E-state index in [1.54, 1.807) is 6.08 Å². The Morgan fingerprint density at radius 3 is 2.92 bits per heavy atom. The van der Waals surface area contributed by atoms with Crippen LogP contribution in [-0.2, 0) is 4.79 Å². The maximum Gasteiger partial charge on any atom is 0.167 e. The zero-order valence-electron chi connectivity index (χ0n) is 7.22. The third-order valence-electron chi connectivity index (χ3n) is 2.24. The first-order valence-corrected chi connectivity index (χ1v) is 4.02. The van der Waals surface area contributed by atoms with Crippen molar-refractivity contribution in [2.75, 3.05) is 0 Å². The van der Waals surface area contributed by atoms with Crippen molar-refractivity contribution in [3.05, 3.63) is 22.8 Å². The molecule has 0 amide bonds. The quantitative estimate of drug-likeness (QED) is 0.578. The summed E-state index contributed by atoms with van der Waals surface area (Å²) in [4.78, 5) is 14.5. The van der Waals surface area contributed by atoms with Gasteiger partial charge in [0.1, 0.15) is 0 Å². The highest BCUT2D eigenvalue weighted by molar-refractivity contribution is 6.12. The van der Waals surface area contributed by atoms with Crippen molar-refractivity contribution in [2.45, 2.75) is 13.8 Å². The van der Waals surface area contributed by atoms with Gasteiger partial charge in [-0.05, 0) is 25.1 Å². The molecule has 0 aliphatic heterocycles. The number of hydrogen-bond donors (Lipinski definition) is 1. The average Bonchev–Trinajstić information content (AvgIpc) is 2.35. The molecule has 62 valence electrons. The van der Waals surface area contributed by atoms with Crippen molar-refractivity contribution in [3.63, 3.8) is 0 Å². The van der Waals surface area contributed by atoms with Crippen molar-refractivity contribution in [3.8, 4) is 0 Å². The molecule has 2 nitrogen and oxygen atoms in total. The first kappa shape index (κ1) is 7.35. The van der Waals surface area contributed by atoms with Crippen LogP contribution in [0.2, 0.25) is 0 Å². The third-order valence-corrected chi connectivity index (χ3v) is 2.24. The minimum Gasteiger partial charge on any atom is -0.361 e. The van der Waals surface area contributed by atoms with Crippen LogP contribution in [0.1, 0.15) is 13.8 Å². The predicted molar refractivity (Wildman–Crippen MR) is 47.8 cm³/mol. The Hall–Kier alpha value is -1.31. The van der Waals surface area contributed by atoms with E-state index in [9.17, 15) is 4.79 Å². The number of carbonyl (C=O) groups excluding carboxylic acids is 1. The van der Waals surface area contributed by atoms with Gasteiger partial charge in [0.2, 0.25) is 0 Å². The van der Waals surface area contributed by atoms with Crippen LogP contribution in [0.25, 0.3) is 12.2 Å². The molecule has 0 unspecified atom stereocenters. The second kappa shape index (κ2) is 2.09. The lowest BCUT2D eigenvalue weighted by molar-refractivity contribution is -0.118. The van der Waals surface area contributed by atoms with Gasteiger partial charge >= 0.3 is 0 Å². The number of carbonyl (C=O) groups is 1. The summed E-state index contributed by atoms with van der Waals surface area (Å²) in [6.45, 7) is 3.86. The van der Waals surface area contributed by atoms with Gasteiger partial charge in [0.25, 0.3) is 0 Å². The molecule has 2 heteroatoms. The zero-order chi connectivity index (χ0) is 8.77. The number of aromatic amines is 1. The zero-order valence-corrected chi connectivity index (χ0v) is 7.22. The number of hydrogen-bond acceptors (Lipinski definition) is 1. The molecule has 0 saturated carbocycles. The van der Waals surface area contributed by atoms with Crippen LogP contribution >= 0.6 is 0 Å². The van der Waals surface area contributed by atoms with E-state index >= 15 is 0 Å². The molecule has 0 radical (unpaired) electrons. The Morgan fingerprint density at radius 1 is 1.42 bits per heavy atom. The number of fused-ring (bicyclic) bond motifs is 1. The molecule has 0 saturated heterocycles. The van der Waals surface area contributed by atoms with Gasteiger partial charge in [-0.3, -0.25) is 4.79 Å². The van der Waals surface area contributed by atoms with Gasteiger partial charge in [-0.2, -0.15) is 0 Å². The molecule has 1 aliphatic carbocycles. The summed E-state index contributed by atoms with van der Waals surface area (Å²) in [7, 11) is 0. The lowest BCUT2D eigenvalue weighted by Gasteiger charge is -2.17. The summed E-state index contributed by atoms with van der Waals surface area (Å²) < 4.78 is 0. The highest BCUT2D eigenvalue weighted by atomic mass is 16.1. The summed E-state index contributed by atoms with van der Waals surface area (Å²) in [6, 6.07) is 1.99. The van der Waals surface area contributed by atoms with Gasteiger partial charge < -0.3 is 4.98 Å². The second-order valence-corrected chi connectivity index (χ2v) is 3.72. The number of ketones is 1. The van der Waals surface area contributed by atoms with Gasteiger partial charge in [-0.1, -0.05) is 6.08 Å². The van der Waals surface area contributed by atoms with Gasteiger partial charge in [0.05, 0.1) is 0 Å². The fourth-order valence-electron chi connectivity index (χ4n) is 1.42. The van der Waals surface area contributed by atoms with Crippen LogP contribution < -0.4 is 10.6 Å². The molecular formula is C10H11NO. The van der Waals surface area contributed by atoms with Crippen molar-refractivity contribution in [1.29, 1.82) is 0 Å². The molecule has 1 aromatic heterocycles. The van der Waals surface area contributed by atoms with Crippen LogP contribution in [-0.4, -0.2) is 10.8 Å². The summed E-state index contributed by atoms with van der Waals surface area (Å²) in [5.41, 5.74) is -0.338. The molecule has 0 atom stereocenters. The number of aromatic nitrogens is 1. The average molecular weight is 161 g/mol. The van der Waals surface area contributed by atoms with Gasteiger partial charge in [-0.15, -0.1) is 0 Å². The number of H-pyrrole nitrogens is 1. The summed E-state index contributed by atoms with van der Waals surface area (Å²) in [5, 5.41) is 2.05. The van der Waals surface area contributed by atoms with Crippen molar-refractivity contribution < 1.29 is 4.79 Å². The molecule has 1 aromatic rings. The minimum absolute atomic E-state index is 0.164. The van der Waals surface area contributed by atoms with Crippen LogP contribution in [0, 0.1) is 5.41 Å². The molecule has 1 N–H and O–H groups in total. The second-order valence-electron chi connectivity index (χ2n) is 3.72. The maximum atomic E-state index is 11.5. The van der Waals surface area contributed by atoms with E-state index in [2.05, 4.69) is 4.98 Å². The van der Waals surface area contributed by atoms with Crippen molar-refractivity contribution in [2.24, 2.45) is 5.41 Å². The lowest BCUT2D eigenvalue weighted by Crippen LogP contribution is -2.36. The van der Waals surface area contributed by atoms with E-state index in [0.717, 1.165) is 10.6 Å². The third kappa shape index (κ3) is 0.916. The Labute approximate surface area is 70.6 Å². The van der Waals surface area contributed by atoms with Crippen LogP contribution in [0.5, 0.6) is 0 Å². The van der Waals surface area contributed by atoms with Crippen LogP contribution in [0.4, 0.5) is 0 Å². The molecule has 0 spiro atoms. The highest BCUT2D eigenvalue weighted by Crippen LogP contribution is 2.19. The Bertz CT molecular complexity index is 437. The fraction of sp³-hybridized carbons (Fsp3) is 0.300. The molecular weight excluding hydrogens is 150 g/mol. The smallest absolute Gasteiger partial charge is 0.167 e. The van der Waals surface area contributed by atoms with E-state index in [0.29, 0.717) is 0 Å². The Kier molecular flexibility index (Phi) is 1.28. The number of nitrogens with one attached hydrogen (secondary N) is 1. The van der Waals surface area contributed by atoms with E-state index in [1.807, 2.05) is 32.2 Å². The fourth-order valence-corrected chi connectivity index (χ4v) is 1.42. The van der Waals surface area contributed by atoms with Crippen LogP contribution in [0.15, 0.2) is 12.3 Å². The Morgan fingerprint density at radius 2 is 2.17 bits per heavy atom. The molecule has 12 heavy (non-hydrogen) atoms. The van der Waals surface area contributed by atoms with Gasteiger partial charge in [0, 0.05) is 23.0 Å². The summed E-state index contributed by atoms with van der Waals surface area (Å²) in [5.74, 6) is 0.164. The normalized spacial score (nSPS) is 19.3. The number of rotatable bonds is 0.